The second kappa shape index (κ2) is 10.0. The molecule has 0 fully saturated rings. The van der Waals surface area contributed by atoms with Gasteiger partial charge in [-0.25, -0.2) is 0 Å². The first-order valence-corrected chi connectivity index (χ1v) is 8.12. The number of ether oxygens (including phenoxy) is 3. The first kappa shape index (κ1) is 18.4. The lowest BCUT2D eigenvalue weighted by atomic mass is 10.2. The van der Waals surface area contributed by atoms with Crippen LogP contribution in [-0.4, -0.2) is 32.8 Å². The zero-order valence-corrected chi connectivity index (χ0v) is 14.4. The highest BCUT2D eigenvalue weighted by molar-refractivity contribution is 5.94. The fourth-order valence-electron chi connectivity index (χ4n) is 2.16. The normalized spacial score (nSPS) is 9.96. The summed E-state index contributed by atoms with van der Waals surface area (Å²) in [7, 11) is 1.54. The van der Waals surface area contributed by atoms with Gasteiger partial charge < -0.3 is 19.5 Å². The summed E-state index contributed by atoms with van der Waals surface area (Å²) in [5.41, 5.74) is 0.520. The van der Waals surface area contributed by atoms with Crippen molar-refractivity contribution in [2.24, 2.45) is 0 Å². The van der Waals surface area contributed by atoms with Crippen molar-refractivity contribution in [1.82, 2.24) is 5.32 Å². The number of amides is 1. The molecule has 132 valence electrons. The van der Waals surface area contributed by atoms with Gasteiger partial charge in [0.2, 0.25) is 0 Å². The largest absolute Gasteiger partial charge is 0.494 e. The molecule has 1 N–H and O–H groups in total. The van der Waals surface area contributed by atoms with E-state index in [1.165, 1.54) is 0 Å². The molecule has 2 rings (SSSR count). The van der Waals surface area contributed by atoms with E-state index in [4.69, 9.17) is 14.2 Å². The minimum absolute atomic E-state index is 0.159. The number of carbonyl (C=O) groups is 1. The average molecular weight is 341 g/mol. The molecule has 0 heterocycles. The fourth-order valence-corrected chi connectivity index (χ4v) is 2.16. The summed E-state index contributed by atoms with van der Waals surface area (Å²) in [6.45, 7) is 5.06. The van der Waals surface area contributed by atoms with E-state index < -0.39 is 0 Å². The van der Waals surface area contributed by atoms with Gasteiger partial charge in [-0.3, -0.25) is 4.79 Å². The van der Waals surface area contributed by atoms with Crippen molar-refractivity contribution in [3.05, 3.63) is 66.7 Å². The van der Waals surface area contributed by atoms with Gasteiger partial charge in [-0.1, -0.05) is 30.9 Å². The third kappa shape index (κ3) is 5.88. The van der Waals surface area contributed by atoms with Gasteiger partial charge >= 0.3 is 0 Å². The van der Waals surface area contributed by atoms with Crippen molar-refractivity contribution in [1.29, 1.82) is 0 Å². The number of nitrogens with one attached hydrogen (secondary N) is 1. The summed E-state index contributed by atoms with van der Waals surface area (Å²) in [5.74, 6) is 1.76. The molecule has 0 unspecified atom stereocenters. The Labute approximate surface area is 148 Å². The molecule has 25 heavy (non-hydrogen) atoms. The van der Waals surface area contributed by atoms with Gasteiger partial charge in [-0.15, -0.1) is 0 Å². The molecule has 1 amide bonds. The van der Waals surface area contributed by atoms with Crippen LogP contribution in [0.25, 0.3) is 0 Å². The number of hydrogen-bond acceptors (Lipinski definition) is 4. The standard InChI is InChI=1S/C20H23NO4/c1-3-13-25-18-11-10-16(15-19(18)23-2)20(22)21-12-7-14-24-17-8-5-4-6-9-17/h3-6,8-11,15H,1,7,12-14H2,2H3,(H,21,22). The predicted molar refractivity (Wildman–Crippen MR) is 97.6 cm³/mol. The van der Waals surface area contributed by atoms with Crippen LogP contribution in [0.2, 0.25) is 0 Å². The molecule has 0 spiro atoms. The lowest BCUT2D eigenvalue weighted by Gasteiger charge is -2.11. The van der Waals surface area contributed by atoms with E-state index in [1.807, 2.05) is 30.3 Å². The molecule has 0 radical (unpaired) electrons. The quantitative estimate of drug-likeness (QED) is 0.531. The van der Waals surface area contributed by atoms with Crippen molar-refractivity contribution < 1.29 is 19.0 Å². The summed E-state index contributed by atoms with van der Waals surface area (Å²) in [6, 6.07) is 14.7. The summed E-state index contributed by atoms with van der Waals surface area (Å²) < 4.78 is 16.3. The predicted octanol–water partition coefficient (Wildman–Crippen LogP) is 3.46. The lowest BCUT2D eigenvalue weighted by molar-refractivity contribution is 0.0951. The Kier molecular flexibility index (Phi) is 7.38. The van der Waals surface area contributed by atoms with E-state index in [-0.39, 0.29) is 5.91 Å². The van der Waals surface area contributed by atoms with Crippen LogP contribution in [0.4, 0.5) is 0 Å². The molecule has 0 aromatic heterocycles. The van der Waals surface area contributed by atoms with Crippen molar-refractivity contribution in [2.75, 3.05) is 26.9 Å². The molecule has 2 aromatic rings. The van der Waals surface area contributed by atoms with Crippen LogP contribution in [0.5, 0.6) is 17.2 Å². The smallest absolute Gasteiger partial charge is 0.251 e. The highest BCUT2D eigenvalue weighted by atomic mass is 16.5. The third-order valence-corrected chi connectivity index (χ3v) is 3.40. The Morgan fingerprint density at radius 2 is 1.92 bits per heavy atom. The van der Waals surface area contributed by atoms with Crippen LogP contribution in [0, 0.1) is 0 Å². The average Bonchev–Trinajstić information content (AvgIpc) is 2.66. The summed E-state index contributed by atoms with van der Waals surface area (Å²) in [5, 5.41) is 2.87. The second-order valence-electron chi connectivity index (χ2n) is 5.24. The highest BCUT2D eigenvalue weighted by Crippen LogP contribution is 2.28. The van der Waals surface area contributed by atoms with Crippen LogP contribution < -0.4 is 19.5 Å². The number of para-hydroxylation sites is 1. The van der Waals surface area contributed by atoms with Crippen molar-refractivity contribution >= 4 is 5.91 Å². The Bertz CT molecular complexity index is 685. The topological polar surface area (TPSA) is 56.8 Å². The number of benzene rings is 2. The van der Waals surface area contributed by atoms with Crippen LogP contribution in [0.15, 0.2) is 61.2 Å². The molecule has 0 aliphatic rings. The maximum Gasteiger partial charge on any atom is 0.251 e. The molecule has 0 bridgehead atoms. The van der Waals surface area contributed by atoms with Gasteiger partial charge in [-0.2, -0.15) is 0 Å². The molecule has 2 aromatic carbocycles. The number of hydrogen-bond donors (Lipinski definition) is 1. The summed E-state index contributed by atoms with van der Waals surface area (Å²) in [4.78, 5) is 12.2. The number of rotatable bonds is 10. The van der Waals surface area contributed by atoms with Crippen molar-refractivity contribution in [2.45, 2.75) is 6.42 Å². The molecular weight excluding hydrogens is 318 g/mol. The molecule has 5 heteroatoms. The molecule has 0 aliphatic heterocycles. The summed E-state index contributed by atoms with van der Waals surface area (Å²) >= 11 is 0. The molecule has 0 saturated carbocycles. The Morgan fingerprint density at radius 3 is 2.64 bits per heavy atom. The van der Waals surface area contributed by atoms with E-state index in [1.54, 1.807) is 31.4 Å². The van der Waals surface area contributed by atoms with Crippen LogP contribution in [0.3, 0.4) is 0 Å². The first-order chi connectivity index (χ1) is 12.2. The number of methoxy groups -OCH3 is 1. The Hall–Kier alpha value is -2.95. The van der Waals surface area contributed by atoms with Gasteiger partial charge in [0.25, 0.3) is 5.91 Å². The fraction of sp³-hybridized carbons (Fsp3) is 0.250. The molecular formula is C20H23NO4. The van der Waals surface area contributed by atoms with E-state index >= 15 is 0 Å². The monoisotopic (exact) mass is 341 g/mol. The van der Waals surface area contributed by atoms with Crippen LogP contribution in [-0.2, 0) is 0 Å². The molecule has 0 saturated heterocycles. The molecule has 5 nitrogen and oxygen atoms in total. The number of carbonyl (C=O) groups excluding carboxylic acids is 1. The SMILES string of the molecule is C=CCOc1ccc(C(=O)NCCCOc2ccccc2)cc1OC. The Balaban J connectivity index is 1.79. The second-order valence-corrected chi connectivity index (χ2v) is 5.24. The lowest BCUT2D eigenvalue weighted by Crippen LogP contribution is -2.25. The minimum atomic E-state index is -0.159. The third-order valence-electron chi connectivity index (χ3n) is 3.40. The molecule has 0 atom stereocenters. The zero-order chi connectivity index (χ0) is 17.9. The van der Waals surface area contributed by atoms with E-state index in [9.17, 15) is 4.79 Å². The van der Waals surface area contributed by atoms with Crippen molar-refractivity contribution in [3.8, 4) is 17.2 Å². The van der Waals surface area contributed by atoms with E-state index in [0.29, 0.717) is 36.8 Å². The Morgan fingerprint density at radius 1 is 1.12 bits per heavy atom. The van der Waals surface area contributed by atoms with Crippen molar-refractivity contribution in [3.63, 3.8) is 0 Å². The van der Waals surface area contributed by atoms with Gasteiger partial charge in [0.15, 0.2) is 11.5 Å². The maximum atomic E-state index is 12.2. The maximum absolute atomic E-state index is 12.2. The van der Waals surface area contributed by atoms with Crippen LogP contribution >= 0.6 is 0 Å². The van der Waals surface area contributed by atoms with Gasteiger partial charge in [0, 0.05) is 12.1 Å². The van der Waals surface area contributed by atoms with E-state index in [2.05, 4.69) is 11.9 Å². The van der Waals surface area contributed by atoms with Crippen LogP contribution in [0.1, 0.15) is 16.8 Å². The summed E-state index contributed by atoms with van der Waals surface area (Å²) in [6.07, 6.45) is 2.37. The van der Waals surface area contributed by atoms with Gasteiger partial charge in [0.1, 0.15) is 12.4 Å². The first-order valence-electron chi connectivity index (χ1n) is 8.12. The molecule has 0 aliphatic carbocycles. The van der Waals surface area contributed by atoms with Gasteiger partial charge in [-0.05, 0) is 36.8 Å². The minimum Gasteiger partial charge on any atom is -0.494 e. The highest BCUT2D eigenvalue weighted by Gasteiger charge is 2.10. The van der Waals surface area contributed by atoms with Gasteiger partial charge in [0.05, 0.1) is 13.7 Å². The van der Waals surface area contributed by atoms with E-state index in [0.717, 1.165) is 12.2 Å². The zero-order valence-electron chi connectivity index (χ0n) is 14.4.